The fourth-order valence-corrected chi connectivity index (χ4v) is 6.61. The predicted octanol–water partition coefficient (Wildman–Crippen LogP) is 2.93. The second kappa shape index (κ2) is 6.51. The number of benzene rings is 1. The first-order valence-electron chi connectivity index (χ1n) is 8.69. The summed E-state index contributed by atoms with van der Waals surface area (Å²) in [5.41, 5.74) is 3.05. The number of rotatable bonds is 3. The molecule has 4 heterocycles. The van der Waals surface area contributed by atoms with E-state index in [0.29, 0.717) is 31.7 Å². The first kappa shape index (κ1) is 18.0. The molecule has 2 aromatic heterocycles. The van der Waals surface area contributed by atoms with Gasteiger partial charge in [0.1, 0.15) is 17.0 Å². The average molecular weight is 433 g/mol. The van der Waals surface area contributed by atoms with Crippen molar-refractivity contribution in [3.05, 3.63) is 40.5 Å². The van der Waals surface area contributed by atoms with E-state index in [0.717, 1.165) is 36.8 Å². The Kier molecular flexibility index (Phi) is 4.20. The Morgan fingerprint density at radius 3 is 2.93 bits per heavy atom. The summed E-state index contributed by atoms with van der Waals surface area (Å²) >= 11 is 2.79. The summed E-state index contributed by atoms with van der Waals surface area (Å²) in [7, 11) is -3.22. The lowest BCUT2D eigenvalue weighted by molar-refractivity contribution is -0.110. The number of aromatic nitrogens is 2. The molecule has 0 radical (unpaired) electrons. The summed E-state index contributed by atoms with van der Waals surface area (Å²) in [6.07, 6.45) is 3.88. The monoisotopic (exact) mass is 432 g/mol. The molecule has 0 saturated carbocycles. The molecular formula is C18H16N4O3S3. The maximum absolute atomic E-state index is 11.9. The Morgan fingerprint density at radius 2 is 2.11 bits per heavy atom. The highest BCUT2D eigenvalue weighted by Gasteiger charge is 2.28. The van der Waals surface area contributed by atoms with Crippen molar-refractivity contribution >= 4 is 60.0 Å². The highest BCUT2D eigenvalue weighted by atomic mass is 32.2. The second-order valence-corrected chi connectivity index (χ2v) is 11.0. The van der Waals surface area contributed by atoms with Crippen LogP contribution in [0.25, 0.3) is 10.2 Å². The van der Waals surface area contributed by atoms with E-state index in [4.69, 9.17) is 0 Å². The molecule has 10 heteroatoms. The van der Waals surface area contributed by atoms with Crippen LogP contribution >= 0.6 is 23.1 Å². The van der Waals surface area contributed by atoms with Crippen LogP contribution in [0.4, 0.5) is 11.5 Å². The van der Waals surface area contributed by atoms with Gasteiger partial charge in [0, 0.05) is 35.0 Å². The van der Waals surface area contributed by atoms with E-state index >= 15 is 0 Å². The molecule has 3 aromatic rings. The van der Waals surface area contributed by atoms with Gasteiger partial charge < -0.3 is 5.32 Å². The first-order chi connectivity index (χ1) is 13.4. The third-order valence-electron chi connectivity index (χ3n) is 4.96. The van der Waals surface area contributed by atoms with Crippen LogP contribution in [0.5, 0.6) is 0 Å². The van der Waals surface area contributed by atoms with Crippen molar-refractivity contribution in [2.75, 3.05) is 18.1 Å². The van der Waals surface area contributed by atoms with Crippen molar-refractivity contribution in [2.24, 2.45) is 0 Å². The zero-order valence-electron chi connectivity index (χ0n) is 14.9. The summed E-state index contributed by atoms with van der Waals surface area (Å²) < 4.78 is 25.3. The van der Waals surface area contributed by atoms with Gasteiger partial charge in [0.05, 0.1) is 11.6 Å². The lowest BCUT2D eigenvalue weighted by Gasteiger charge is -2.24. The lowest BCUT2D eigenvalue weighted by atomic mass is 10.1. The molecule has 0 bridgehead atoms. The summed E-state index contributed by atoms with van der Waals surface area (Å²) in [6, 6.07) is 5.90. The van der Waals surface area contributed by atoms with Crippen LogP contribution in [0.3, 0.4) is 0 Å². The zero-order valence-corrected chi connectivity index (χ0v) is 17.4. The molecule has 0 saturated heterocycles. The van der Waals surface area contributed by atoms with Gasteiger partial charge in [0.25, 0.3) is 0 Å². The Labute approximate surface area is 170 Å². The fraction of sp³-hybridized carbons (Fsp3) is 0.278. The summed E-state index contributed by atoms with van der Waals surface area (Å²) in [5.74, 6) is 0.713. The van der Waals surface area contributed by atoms with E-state index in [2.05, 4.69) is 15.3 Å². The van der Waals surface area contributed by atoms with Gasteiger partial charge >= 0.3 is 0 Å². The normalized spacial score (nSPS) is 17.0. The standard InChI is InChI=1S/C18H16N4O3S3/c1-28(24,25)22-5-4-12-14(8-22)27-18-16(12)17(19-9-20-18)21-11-3-2-10-6-15(23)26-13(10)7-11/h2-3,7,9H,4-6,8H2,1H3,(H,19,20,21). The van der Waals surface area contributed by atoms with E-state index in [-0.39, 0.29) is 5.12 Å². The van der Waals surface area contributed by atoms with Gasteiger partial charge in [-0.3, -0.25) is 4.79 Å². The smallest absolute Gasteiger partial charge is 0.211 e. The number of anilines is 2. The van der Waals surface area contributed by atoms with Gasteiger partial charge in [-0.15, -0.1) is 11.3 Å². The molecule has 2 aliphatic heterocycles. The zero-order chi connectivity index (χ0) is 19.5. The molecule has 0 atom stereocenters. The minimum absolute atomic E-state index is 0.166. The molecule has 1 aromatic carbocycles. The van der Waals surface area contributed by atoms with Gasteiger partial charge in [-0.1, -0.05) is 17.8 Å². The second-order valence-electron chi connectivity index (χ2n) is 6.85. The van der Waals surface area contributed by atoms with E-state index in [1.165, 1.54) is 40.0 Å². The van der Waals surface area contributed by atoms with Crippen molar-refractivity contribution in [3.8, 4) is 0 Å². The molecule has 0 unspecified atom stereocenters. The Bertz CT molecular complexity index is 1240. The molecule has 1 N–H and O–H groups in total. The minimum Gasteiger partial charge on any atom is -0.340 e. The number of hydrogen-bond donors (Lipinski definition) is 1. The van der Waals surface area contributed by atoms with Crippen LogP contribution in [-0.2, 0) is 34.2 Å². The molecule has 0 amide bonds. The number of carbonyl (C=O) groups is 1. The number of thioether (sulfide) groups is 1. The lowest BCUT2D eigenvalue weighted by Crippen LogP contribution is -2.34. The van der Waals surface area contributed by atoms with Crippen molar-refractivity contribution in [1.82, 2.24) is 14.3 Å². The number of hydrogen-bond acceptors (Lipinski definition) is 8. The molecule has 0 fully saturated rings. The van der Waals surface area contributed by atoms with Gasteiger partial charge in [0.2, 0.25) is 10.0 Å². The molecule has 0 aliphatic carbocycles. The summed E-state index contributed by atoms with van der Waals surface area (Å²) in [4.78, 5) is 23.3. The maximum Gasteiger partial charge on any atom is 0.211 e. The molecule has 28 heavy (non-hydrogen) atoms. The topological polar surface area (TPSA) is 92.3 Å². The highest BCUT2D eigenvalue weighted by molar-refractivity contribution is 8.14. The quantitative estimate of drug-likeness (QED) is 0.680. The van der Waals surface area contributed by atoms with Crippen LogP contribution in [-0.4, -0.2) is 40.6 Å². The number of carbonyl (C=O) groups excluding carboxylic acids is 1. The van der Waals surface area contributed by atoms with Crippen LogP contribution in [0, 0.1) is 0 Å². The number of fused-ring (bicyclic) bond motifs is 4. The summed E-state index contributed by atoms with van der Waals surface area (Å²) in [6.45, 7) is 0.843. The fourth-order valence-electron chi connectivity index (χ4n) is 3.61. The van der Waals surface area contributed by atoms with Gasteiger partial charge in [-0.25, -0.2) is 18.4 Å². The first-order valence-corrected chi connectivity index (χ1v) is 12.2. The van der Waals surface area contributed by atoms with Crippen LogP contribution in [0.1, 0.15) is 16.0 Å². The van der Waals surface area contributed by atoms with E-state index in [1.807, 2.05) is 18.2 Å². The largest absolute Gasteiger partial charge is 0.340 e. The number of sulfonamides is 1. The van der Waals surface area contributed by atoms with Gasteiger partial charge in [-0.05, 0) is 29.7 Å². The van der Waals surface area contributed by atoms with Crippen LogP contribution in [0.2, 0.25) is 0 Å². The average Bonchev–Trinajstić information content (AvgIpc) is 3.19. The molecule has 0 spiro atoms. The highest BCUT2D eigenvalue weighted by Crippen LogP contribution is 2.39. The third-order valence-corrected chi connectivity index (χ3v) is 8.31. The van der Waals surface area contributed by atoms with Gasteiger partial charge in [-0.2, -0.15) is 4.31 Å². The number of nitrogens with one attached hydrogen (secondary N) is 1. The SMILES string of the molecule is CS(=O)(=O)N1CCc2c(sc3ncnc(Nc4ccc5c(c4)SC(=O)C5)c23)C1. The molecular weight excluding hydrogens is 416 g/mol. The number of nitrogens with zero attached hydrogens (tertiary/aromatic N) is 3. The van der Waals surface area contributed by atoms with Gasteiger partial charge in [0.15, 0.2) is 5.12 Å². The van der Waals surface area contributed by atoms with Crippen molar-refractivity contribution in [2.45, 2.75) is 24.3 Å². The van der Waals surface area contributed by atoms with E-state index in [1.54, 1.807) is 0 Å². The van der Waals surface area contributed by atoms with E-state index < -0.39 is 10.0 Å². The Hall–Kier alpha value is -2.01. The Morgan fingerprint density at radius 1 is 1.25 bits per heavy atom. The molecule has 144 valence electrons. The molecule has 7 nitrogen and oxygen atoms in total. The molecule has 2 aliphatic rings. The van der Waals surface area contributed by atoms with Crippen LogP contribution < -0.4 is 5.32 Å². The summed E-state index contributed by atoms with van der Waals surface area (Å²) in [5, 5.41) is 4.49. The van der Waals surface area contributed by atoms with Crippen molar-refractivity contribution < 1.29 is 13.2 Å². The van der Waals surface area contributed by atoms with Crippen LogP contribution in [0.15, 0.2) is 29.4 Å². The van der Waals surface area contributed by atoms with Crippen molar-refractivity contribution in [1.29, 1.82) is 0 Å². The van der Waals surface area contributed by atoms with E-state index in [9.17, 15) is 13.2 Å². The third kappa shape index (κ3) is 3.10. The minimum atomic E-state index is -3.22. The number of thiophene rings is 1. The Balaban J connectivity index is 1.52. The molecule has 5 rings (SSSR count). The predicted molar refractivity (Wildman–Crippen MR) is 111 cm³/mol. The maximum atomic E-state index is 11.9. The van der Waals surface area contributed by atoms with Crippen molar-refractivity contribution in [3.63, 3.8) is 0 Å².